The monoisotopic (exact) mass is 752 g/mol. The van der Waals surface area contributed by atoms with Gasteiger partial charge in [0.1, 0.15) is 0 Å². The second kappa shape index (κ2) is 13.9. The number of hydrogen-bond acceptors (Lipinski definition) is 2. The van der Waals surface area contributed by atoms with Crippen molar-refractivity contribution in [2.24, 2.45) is 0 Å². The molecule has 1 heterocycles. The molecule has 0 saturated carbocycles. The number of nitrogens with zero attached hydrogens (tertiary/aromatic N) is 2. The Morgan fingerprint density at radius 3 is 1.59 bits per heavy atom. The van der Waals surface area contributed by atoms with Crippen molar-refractivity contribution in [2.45, 2.75) is 19.3 Å². The van der Waals surface area contributed by atoms with Gasteiger partial charge in [-0.25, -0.2) is 9.97 Å². The second-order valence-corrected chi connectivity index (χ2v) is 16.2. The Hall–Kier alpha value is -7.42. The maximum atomic E-state index is 5.36. The van der Waals surface area contributed by atoms with Crippen molar-refractivity contribution in [3.05, 3.63) is 217 Å². The summed E-state index contributed by atoms with van der Waals surface area (Å²) in [5, 5.41) is 4.88. The van der Waals surface area contributed by atoms with Crippen LogP contribution in [0.5, 0.6) is 0 Å². The first-order chi connectivity index (χ1) is 29.0. The van der Waals surface area contributed by atoms with Gasteiger partial charge in [0.15, 0.2) is 5.82 Å². The van der Waals surface area contributed by atoms with Gasteiger partial charge in [0.2, 0.25) is 0 Å². The molecule has 0 amide bonds. The first-order valence-corrected chi connectivity index (χ1v) is 20.4. The van der Waals surface area contributed by atoms with E-state index in [1.54, 1.807) is 0 Å². The van der Waals surface area contributed by atoms with E-state index in [0.29, 0.717) is 5.82 Å². The smallest absolute Gasteiger partial charge is 0.161 e. The highest BCUT2D eigenvalue weighted by atomic mass is 14.9. The fourth-order valence-electron chi connectivity index (χ4n) is 9.25. The molecule has 0 fully saturated rings. The number of aromatic nitrogens is 2. The molecule has 0 atom stereocenters. The lowest BCUT2D eigenvalue weighted by Crippen LogP contribution is -2.14. The zero-order valence-electron chi connectivity index (χ0n) is 33.0. The Kier molecular flexibility index (Phi) is 8.20. The molecular formula is C57H40N2. The average Bonchev–Trinajstić information content (AvgIpc) is 3.54. The number of rotatable bonds is 6. The average molecular weight is 753 g/mol. The third-order valence-electron chi connectivity index (χ3n) is 12.3. The highest BCUT2D eigenvalue weighted by Crippen LogP contribution is 2.52. The number of benzene rings is 9. The van der Waals surface area contributed by atoms with Crippen LogP contribution >= 0.6 is 0 Å². The lowest BCUT2D eigenvalue weighted by molar-refractivity contribution is 0.661. The molecule has 0 N–H and O–H groups in total. The Morgan fingerprint density at radius 2 is 0.847 bits per heavy atom. The van der Waals surface area contributed by atoms with Crippen molar-refractivity contribution in [2.75, 3.05) is 0 Å². The highest BCUT2D eigenvalue weighted by molar-refractivity contribution is 6.07. The van der Waals surface area contributed by atoms with Crippen LogP contribution in [0.15, 0.2) is 206 Å². The molecule has 2 nitrogen and oxygen atoms in total. The van der Waals surface area contributed by atoms with Crippen LogP contribution in [0, 0.1) is 0 Å². The Morgan fingerprint density at radius 1 is 0.322 bits per heavy atom. The highest BCUT2D eigenvalue weighted by Gasteiger charge is 2.36. The summed E-state index contributed by atoms with van der Waals surface area (Å²) in [5.41, 5.74) is 17.3. The van der Waals surface area contributed by atoms with Crippen LogP contribution in [-0.2, 0) is 5.41 Å². The molecule has 0 aliphatic heterocycles. The summed E-state index contributed by atoms with van der Waals surface area (Å²) in [5.74, 6) is 0.702. The largest absolute Gasteiger partial charge is 0.228 e. The number of hydrogen-bond donors (Lipinski definition) is 0. The van der Waals surface area contributed by atoms with Crippen molar-refractivity contribution in [3.63, 3.8) is 0 Å². The van der Waals surface area contributed by atoms with Crippen LogP contribution in [0.2, 0.25) is 0 Å². The van der Waals surface area contributed by atoms with Crippen LogP contribution < -0.4 is 0 Å². The summed E-state index contributed by atoms with van der Waals surface area (Å²) in [6.07, 6.45) is 0. The summed E-state index contributed by atoms with van der Waals surface area (Å²) in [7, 11) is 0. The fourth-order valence-corrected chi connectivity index (χ4v) is 9.25. The predicted octanol–water partition coefficient (Wildman–Crippen LogP) is 15.1. The lowest BCUT2D eigenvalue weighted by Gasteiger charge is -2.21. The van der Waals surface area contributed by atoms with Crippen LogP contribution in [0.1, 0.15) is 25.0 Å². The number of fused-ring (bicyclic) bond motifs is 6. The molecule has 9 aromatic carbocycles. The van der Waals surface area contributed by atoms with Crippen molar-refractivity contribution < 1.29 is 0 Å². The molecule has 1 aromatic heterocycles. The zero-order valence-corrected chi connectivity index (χ0v) is 33.0. The molecule has 1 aliphatic carbocycles. The summed E-state index contributed by atoms with van der Waals surface area (Å²) in [6, 6.07) is 74.3. The van der Waals surface area contributed by atoms with Crippen molar-refractivity contribution in [1.29, 1.82) is 0 Å². The van der Waals surface area contributed by atoms with Gasteiger partial charge in [0.25, 0.3) is 0 Å². The molecule has 11 rings (SSSR count). The van der Waals surface area contributed by atoms with Gasteiger partial charge in [-0.3, -0.25) is 0 Å². The van der Waals surface area contributed by atoms with Crippen molar-refractivity contribution >= 4 is 21.5 Å². The molecule has 0 radical (unpaired) electrons. The van der Waals surface area contributed by atoms with Gasteiger partial charge in [0.05, 0.1) is 11.4 Å². The normalized spacial score (nSPS) is 12.7. The van der Waals surface area contributed by atoms with Crippen molar-refractivity contribution in [1.82, 2.24) is 9.97 Å². The standard InChI is InChI=1S/C57H40N2/c1-57(2)51-32-29-43(35-50(51)55-46-21-10-9-18-40(46)28-33-52(55)57)45-30-31-49(48-23-12-11-22-47(45)48)56-58-53(41-26-24-39(25-27-41)37-14-5-3-6-15-37)36-54(59-56)44-20-13-19-42(34-44)38-16-7-4-8-17-38/h3-36H,1-2H3. The molecular weight excluding hydrogens is 713 g/mol. The minimum atomic E-state index is -0.0816. The first kappa shape index (κ1) is 34.8. The minimum absolute atomic E-state index is 0.0816. The topological polar surface area (TPSA) is 25.8 Å². The van der Waals surface area contributed by atoms with Crippen molar-refractivity contribution in [3.8, 4) is 78.4 Å². The van der Waals surface area contributed by atoms with E-state index in [9.17, 15) is 0 Å². The van der Waals surface area contributed by atoms with Gasteiger partial charge >= 0.3 is 0 Å². The predicted molar refractivity (Wildman–Crippen MR) is 247 cm³/mol. The molecule has 59 heavy (non-hydrogen) atoms. The van der Waals surface area contributed by atoms with Crippen LogP contribution in [0.3, 0.4) is 0 Å². The summed E-state index contributed by atoms with van der Waals surface area (Å²) < 4.78 is 0. The van der Waals surface area contributed by atoms with Crippen LogP contribution in [0.25, 0.3) is 100.0 Å². The maximum absolute atomic E-state index is 5.36. The minimum Gasteiger partial charge on any atom is -0.228 e. The molecule has 0 unspecified atom stereocenters. The fraction of sp³-hybridized carbons (Fsp3) is 0.0526. The van der Waals surface area contributed by atoms with Gasteiger partial charge in [-0.05, 0) is 101 Å². The Balaban J connectivity index is 1.07. The van der Waals surface area contributed by atoms with E-state index >= 15 is 0 Å². The van der Waals surface area contributed by atoms with E-state index in [2.05, 4.69) is 220 Å². The molecule has 0 spiro atoms. The van der Waals surface area contributed by atoms with Gasteiger partial charge in [-0.1, -0.05) is 196 Å². The quantitative estimate of drug-likeness (QED) is 0.169. The first-order valence-electron chi connectivity index (χ1n) is 20.4. The van der Waals surface area contributed by atoms with Gasteiger partial charge < -0.3 is 0 Å². The second-order valence-electron chi connectivity index (χ2n) is 16.2. The van der Waals surface area contributed by atoms with E-state index in [0.717, 1.165) is 39.0 Å². The van der Waals surface area contributed by atoms with Gasteiger partial charge in [-0.2, -0.15) is 0 Å². The van der Waals surface area contributed by atoms with E-state index in [1.807, 2.05) is 0 Å². The summed E-state index contributed by atoms with van der Waals surface area (Å²) in [4.78, 5) is 10.7. The SMILES string of the molecule is CC1(C)c2ccc(-c3ccc(-c4nc(-c5ccc(-c6ccccc6)cc5)cc(-c5cccc(-c6ccccc6)c5)n4)c4ccccc34)cc2-c2c1ccc1ccccc21. The third kappa shape index (κ3) is 5.96. The molecule has 0 bridgehead atoms. The van der Waals surface area contributed by atoms with Gasteiger partial charge in [0, 0.05) is 22.1 Å². The third-order valence-corrected chi connectivity index (χ3v) is 12.3. The van der Waals surface area contributed by atoms with E-state index in [1.165, 1.54) is 66.2 Å². The summed E-state index contributed by atoms with van der Waals surface area (Å²) >= 11 is 0. The maximum Gasteiger partial charge on any atom is 0.161 e. The molecule has 10 aromatic rings. The molecule has 1 aliphatic rings. The van der Waals surface area contributed by atoms with Crippen LogP contribution in [-0.4, -0.2) is 9.97 Å². The van der Waals surface area contributed by atoms with E-state index in [-0.39, 0.29) is 5.41 Å². The summed E-state index contributed by atoms with van der Waals surface area (Å²) in [6.45, 7) is 4.71. The van der Waals surface area contributed by atoms with Crippen LogP contribution in [0.4, 0.5) is 0 Å². The van der Waals surface area contributed by atoms with Gasteiger partial charge in [-0.15, -0.1) is 0 Å². The molecule has 278 valence electrons. The zero-order chi connectivity index (χ0) is 39.5. The Bertz CT molecular complexity index is 3220. The van der Waals surface area contributed by atoms with E-state index < -0.39 is 0 Å². The molecule has 2 heteroatoms. The van der Waals surface area contributed by atoms with E-state index in [4.69, 9.17) is 9.97 Å². The molecule has 0 saturated heterocycles. The Labute approximate surface area is 345 Å². The lowest BCUT2D eigenvalue weighted by atomic mass is 9.81.